The van der Waals surface area contributed by atoms with Crippen LogP contribution >= 0.6 is 34.8 Å². The van der Waals surface area contributed by atoms with Crippen molar-refractivity contribution in [1.29, 1.82) is 0 Å². The summed E-state index contributed by atoms with van der Waals surface area (Å²) in [6.45, 7) is 1.80. The van der Waals surface area contributed by atoms with Gasteiger partial charge in [-0.2, -0.15) is 5.10 Å². The molecule has 0 atom stereocenters. The molecule has 0 saturated carbocycles. The summed E-state index contributed by atoms with van der Waals surface area (Å²) >= 11 is 7.26. The number of para-hydroxylation sites is 1. The van der Waals surface area contributed by atoms with Crippen molar-refractivity contribution < 1.29 is 4.79 Å². The van der Waals surface area contributed by atoms with E-state index in [-0.39, 0.29) is 10.7 Å². The molecule has 10 heteroatoms. The van der Waals surface area contributed by atoms with Crippen LogP contribution in [0.4, 0.5) is 5.69 Å². The minimum atomic E-state index is -0.395. The van der Waals surface area contributed by atoms with Crippen LogP contribution in [0.15, 0.2) is 41.3 Å². The predicted octanol–water partition coefficient (Wildman–Crippen LogP) is 1.95. The van der Waals surface area contributed by atoms with E-state index in [4.69, 9.17) is 12.2 Å². The molecule has 0 bridgehead atoms. The van der Waals surface area contributed by atoms with E-state index in [1.807, 2.05) is 52.9 Å². The van der Waals surface area contributed by atoms with E-state index in [0.717, 1.165) is 5.69 Å². The van der Waals surface area contributed by atoms with Gasteiger partial charge in [0.05, 0.1) is 21.1 Å². The molecule has 0 aliphatic heterocycles. The van der Waals surface area contributed by atoms with Gasteiger partial charge in [0, 0.05) is 14.1 Å². The highest BCUT2D eigenvalue weighted by molar-refractivity contribution is 14.1. The van der Waals surface area contributed by atoms with Crippen LogP contribution in [0, 0.1) is 10.5 Å². The van der Waals surface area contributed by atoms with Crippen LogP contribution in [0.3, 0.4) is 0 Å². The number of anilines is 1. The fourth-order valence-electron chi connectivity index (χ4n) is 2.69. The summed E-state index contributed by atoms with van der Waals surface area (Å²) in [5.41, 5.74) is 1.88. The largest absolute Gasteiger partial charge is 0.326 e. The molecule has 2 N–H and O–H groups in total. The molecule has 0 saturated heterocycles. The van der Waals surface area contributed by atoms with Gasteiger partial charge in [0.15, 0.2) is 5.11 Å². The van der Waals surface area contributed by atoms with E-state index >= 15 is 0 Å². The maximum absolute atomic E-state index is 12.9. The highest BCUT2D eigenvalue weighted by Gasteiger charge is 2.20. The lowest BCUT2D eigenvalue weighted by Crippen LogP contribution is -2.36. The second kappa shape index (κ2) is 7.64. The van der Waals surface area contributed by atoms with E-state index in [1.54, 1.807) is 31.9 Å². The van der Waals surface area contributed by atoms with Crippen molar-refractivity contribution in [1.82, 2.24) is 24.5 Å². The third-order valence-electron chi connectivity index (χ3n) is 4.13. The van der Waals surface area contributed by atoms with Crippen molar-refractivity contribution in [2.24, 2.45) is 14.1 Å². The summed E-state index contributed by atoms with van der Waals surface area (Å²) in [7, 11) is 3.46. The minimum Gasteiger partial charge on any atom is -0.326 e. The molecule has 1 amide bonds. The summed E-state index contributed by atoms with van der Waals surface area (Å²) in [5.74, 6) is -0.395. The zero-order valence-electron chi connectivity index (χ0n) is 14.9. The number of halogens is 1. The van der Waals surface area contributed by atoms with Gasteiger partial charge < -0.3 is 5.32 Å². The summed E-state index contributed by atoms with van der Waals surface area (Å²) < 4.78 is 5.44. The Morgan fingerprint density at radius 1 is 1.22 bits per heavy atom. The van der Waals surface area contributed by atoms with Gasteiger partial charge in [-0.15, -0.1) is 0 Å². The Kier molecular flexibility index (Phi) is 5.46. The molecule has 0 fully saturated rings. The topological polar surface area (TPSA) is 85.9 Å². The van der Waals surface area contributed by atoms with Crippen molar-refractivity contribution >= 4 is 51.5 Å². The van der Waals surface area contributed by atoms with Crippen LogP contribution in [-0.2, 0) is 14.1 Å². The third kappa shape index (κ3) is 3.67. The zero-order chi connectivity index (χ0) is 19.7. The molecule has 0 aliphatic rings. The lowest BCUT2D eigenvalue weighted by molar-refractivity contribution is 0.0967. The molecule has 3 rings (SSSR count). The molecule has 0 spiro atoms. The van der Waals surface area contributed by atoms with Crippen LogP contribution in [-0.4, -0.2) is 30.2 Å². The van der Waals surface area contributed by atoms with E-state index in [1.165, 1.54) is 9.36 Å². The van der Waals surface area contributed by atoms with Crippen LogP contribution in [0.25, 0.3) is 5.69 Å². The van der Waals surface area contributed by atoms with E-state index in [0.29, 0.717) is 20.6 Å². The van der Waals surface area contributed by atoms with Gasteiger partial charge in [-0.1, -0.05) is 18.2 Å². The van der Waals surface area contributed by atoms with Crippen LogP contribution in [0.1, 0.15) is 16.2 Å². The summed E-state index contributed by atoms with van der Waals surface area (Å²) in [6, 6.07) is 9.28. The average Bonchev–Trinajstić information content (AvgIpc) is 3.07. The smallest absolute Gasteiger partial charge is 0.295 e. The van der Waals surface area contributed by atoms with E-state index in [2.05, 4.69) is 15.7 Å². The third-order valence-corrected chi connectivity index (χ3v) is 5.12. The number of nitrogens with zero attached hydrogens (tertiary/aromatic N) is 4. The molecule has 3 aromatic rings. The molecule has 2 aromatic heterocycles. The van der Waals surface area contributed by atoms with Gasteiger partial charge in [0.25, 0.3) is 11.5 Å². The van der Waals surface area contributed by atoms with Crippen molar-refractivity contribution in [2.75, 3.05) is 5.32 Å². The molecule has 140 valence electrons. The molecule has 2 heterocycles. The number of hydrogen-bond acceptors (Lipinski definition) is 4. The summed E-state index contributed by atoms with van der Waals surface area (Å²) in [6.07, 6.45) is 1.59. The first kappa shape index (κ1) is 19.3. The number of rotatable bonds is 3. The van der Waals surface area contributed by atoms with Gasteiger partial charge in [-0.3, -0.25) is 24.3 Å². The standard InChI is InChI=1S/C17H17IN6O2S/c1-10-13(16(26)24(23(10)3)11-7-5-4-6-8-11)20-17(27)21-15(25)14-12(18)9-19-22(14)2/h4-9H,1-3H3,(H2,20,21,25,27). The van der Waals surface area contributed by atoms with Gasteiger partial charge in [-0.25, -0.2) is 4.68 Å². The fraction of sp³-hybridized carbons (Fsp3) is 0.176. The molecule has 0 aliphatic carbocycles. The molecule has 0 radical (unpaired) electrons. The quantitative estimate of drug-likeness (QED) is 0.428. The first-order valence-electron chi connectivity index (χ1n) is 7.95. The normalized spacial score (nSPS) is 10.7. The van der Waals surface area contributed by atoms with Crippen molar-refractivity contribution in [3.63, 3.8) is 0 Å². The van der Waals surface area contributed by atoms with Crippen LogP contribution < -0.4 is 16.2 Å². The number of carbonyl (C=O) groups is 1. The Morgan fingerprint density at radius 2 is 1.89 bits per heavy atom. The molecular weight excluding hydrogens is 479 g/mol. The van der Waals surface area contributed by atoms with Crippen molar-refractivity contribution in [3.8, 4) is 5.69 Å². The van der Waals surface area contributed by atoms with Crippen LogP contribution in [0.5, 0.6) is 0 Å². The molecular formula is C17H17IN6O2S. The average molecular weight is 496 g/mol. The number of thiocarbonyl (C=S) groups is 1. The molecule has 8 nitrogen and oxygen atoms in total. The highest BCUT2D eigenvalue weighted by atomic mass is 127. The summed E-state index contributed by atoms with van der Waals surface area (Å²) in [4.78, 5) is 25.3. The second-order valence-electron chi connectivity index (χ2n) is 5.81. The highest BCUT2D eigenvalue weighted by Crippen LogP contribution is 2.14. The van der Waals surface area contributed by atoms with Crippen molar-refractivity contribution in [2.45, 2.75) is 6.92 Å². The Bertz CT molecular complexity index is 1060. The van der Waals surface area contributed by atoms with Crippen molar-refractivity contribution in [3.05, 3.63) is 61.8 Å². The second-order valence-corrected chi connectivity index (χ2v) is 7.38. The SMILES string of the molecule is Cc1c(NC(=S)NC(=O)c2c(I)cnn2C)c(=O)n(-c2ccccc2)n1C. The number of amides is 1. The number of hydrogen-bond donors (Lipinski definition) is 2. The lowest BCUT2D eigenvalue weighted by atomic mass is 10.3. The monoisotopic (exact) mass is 496 g/mol. The molecule has 1 aromatic carbocycles. The Balaban J connectivity index is 1.85. The van der Waals surface area contributed by atoms with E-state index < -0.39 is 5.91 Å². The maximum atomic E-state index is 12.9. The minimum absolute atomic E-state index is 0.0445. The lowest BCUT2D eigenvalue weighted by Gasteiger charge is -2.09. The first-order valence-corrected chi connectivity index (χ1v) is 9.43. The predicted molar refractivity (Wildman–Crippen MR) is 115 cm³/mol. The molecule has 0 unspecified atom stereocenters. The van der Waals surface area contributed by atoms with E-state index in [9.17, 15) is 9.59 Å². The Morgan fingerprint density at radius 3 is 2.48 bits per heavy atom. The first-order chi connectivity index (χ1) is 12.8. The Hall–Kier alpha value is -2.47. The van der Waals surface area contributed by atoms with Gasteiger partial charge in [-0.05, 0) is 53.9 Å². The zero-order valence-corrected chi connectivity index (χ0v) is 17.8. The van der Waals surface area contributed by atoms with Gasteiger partial charge >= 0.3 is 0 Å². The molecule has 27 heavy (non-hydrogen) atoms. The number of aromatic nitrogens is 4. The van der Waals surface area contributed by atoms with Gasteiger partial charge in [0.2, 0.25) is 0 Å². The number of nitrogens with one attached hydrogen (secondary N) is 2. The number of carbonyl (C=O) groups excluding carboxylic acids is 1. The summed E-state index contributed by atoms with van der Waals surface area (Å²) in [5, 5.41) is 9.53. The number of aryl methyl sites for hydroxylation is 1. The maximum Gasteiger partial charge on any atom is 0.295 e. The van der Waals surface area contributed by atoms with Crippen LogP contribution in [0.2, 0.25) is 0 Å². The Labute approximate surface area is 174 Å². The number of benzene rings is 1. The van der Waals surface area contributed by atoms with Gasteiger partial charge in [0.1, 0.15) is 11.4 Å². The fourth-order valence-corrected chi connectivity index (χ4v) is 3.60.